The van der Waals surface area contributed by atoms with Crippen LogP contribution in [0.1, 0.15) is 39.7 Å². The minimum Gasteiger partial charge on any atom is -0.466 e. The van der Waals surface area contributed by atoms with Crippen molar-refractivity contribution in [2.75, 3.05) is 6.61 Å². The summed E-state index contributed by atoms with van der Waals surface area (Å²) in [6.07, 6.45) is 0.124. The molecule has 0 aliphatic carbocycles. The fraction of sp³-hybridized carbons (Fsp3) is 0.529. The van der Waals surface area contributed by atoms with Crippen LogP contribution in [0.2, 0.25) is 0 Å². The van der Waals surface area contributed by atoms with E-state index in [-0.39, 0.29) is 18.4 Å². The van der Waals surface area contributed by atoms with Crippen molar-refractivity contribution in [2.45, 2.75) is 52.2 Å². The summed E-state index contributed by atoms with van der Waals surface area (Å²) in [6.45, 7) is 7.47. The van der Waals surface area contributed by atoms with Crippen molar-refractivity contribution in [3.05, 3.63) is 35.9 Å². The molecular weight excluding hydrogens is 282 g/mol. The second kappa shape index (κ2) is 8.41. The van der Waals surface area contributed by atoms with E-state index < -0.39 is 11.7 Å². The van der Waals surface area contributed by atoms with Crippen molar-refractivity contribution in [2.24, 2.45) is 0 Å². The molecule has 22 heavy (non-hydrogen) atoms. The zero-order valence-electron chi connectivity index (χ0n) is 13.7. The summed E-state index contributed by atoms with van der Waals surface area (Å²) in [5.74, 6) is -0.334. The number of carbonyl (C=O) groups is 2. The highest BCUT2D eigenvalue weighted by molar-refractivity contribution is 5.73. The topological polar surface area (TPSA) is 64.6 Å². The quantitative estimate of drug-likeness (QED) is 0.820. The predicted octanol–water partition coefficient (Wildman–Crippen LogP) is 3.08. The summed E-state index contributed by atoms with van der Waals surface area (Å²) >= 11 is 0. The standard InChI is InChI=1S/C17H25NO4/c1-5-21-15(19)12-14(11-13-9-7-6-8-10-13)18-16(20)22-17(2,3)4/h6-10,14H,5,11-12H2,1-4H3,(H,18,20)/t14-/m0/s1. The molecule has 0 bridgehead atoms. The van der Waals surface area contributed by atoms with Crippen LogP contribution in [0, 0.1) is 0 Å². The second-order valence-electron chi connectivity index (χ2n) is 6.04. The number of nitrogens with one attached hydrogen (secondary N) is 1. The normalized spacial score (nSPS) is 12.4. The minimum absolute atomic E-state index is 0.113. The monoisotopic (exact) mass is 307 g/mol. The maximum absolute atomic E-state index is 11.9. The van der Waals surface area contributed by atoms with Crippen LogP contribution in [0.25, 0.3) is 0 Å². The zero-order valence-corrected chi connectivity index (χ0v) is 13.7. The first-order chi connectivity index (χ1) is 10.3. The molecule has 0 radical (unpaired) electrons. The van der Waals surface area contributed by atoms with Gasteiger partial charge in [0.05, 0.1) is 13.0 Å². The molecule has 1 N–H and O–H groups in total. The van der Waals surface area contributed by atoms with Gasteiger partial charge in [-0.1, -0.05) is 30.3 Å². The van der Waals surface area contributed by atoms with Gasteiger partial charge in [-0.2, -0.15) is 0 Å². The van der Waals surface area contributed by atoms with E-state index in [0.717, 1.165) is 5.56 Å². The summed E-state index contributed by atoms with van der Waals surface area (Å²) in [5.41, 5.74) is 0.457. The molecule has 1 atom stereocenters. The highest BCUT2D eigenvalue weighted by Gasteiger charge is 2.22. The number of rotatable bonds is 6. The van der Waals surface area contributed by atoms with E-state index >= 15 is 0 Å². The van der Waals surface area contributed by atoms with E-state index in [2.05, 4.69) is 5.32 Å². The van der Waals surface area contributed by atoms with Crippen molar-refractivity contribution >= 4 is 12.1 Å². The average Bonchev–Trinajstić information content (AvgIpc) is 2.37. The molecule has 1 aromatic rings. The van der Waals surface area contributed by atoms with E-state index in [4.69, 9.17) is 9.47 Å². The Labute approximate surface area is 132 Å². The van der Waals surface area contributed by atoms with Crippen molar-refractivity contribution in [1.82, 2.24) is 5.32 Å². The largest absolute Gasteiger partial charge is 0.466 e. The van der Waals surface area contributed by atoms with E-state index in [0.29, 0.717) is 13.0 Å². The number of hydrogen-bond donors (Lipinski definition) is 1. The number of benzene rings is 1. The Morgan fingerprint density at radius 2 is 1.82 bits per heavy atom. The van der Waals surface area contributed by atoms with Gasteiger partial charge in [-0.25, -0.2) is 4.79 Å². The Balaban J connectivity index is 2.69. The summed E-state index contributed by atoms with van der Waals surface area (Å²) in [7, 11) is 0. The summed E-state index contributed by atoms with van der Waals surface area (Å²) in [6, 6.07) is 9.31. The third-order valence-corrected chi connectivity index (χ3v) is 2.76. The van der Waals surface area contributed by atoms with Gasteiger partial charge in [0.25, 0.3) is 0 Å². The van der Waals surface area contributed by atoms with Gasteiger partial charge in [-0.05, 0) is 39.7 Å². The predicted molar refractivity (Wildman–Crippen MR) is 84.6 cm³/mol. The molecule has 0 aromatic heterocycles. The lowest BCUT2D eigenvalue weighted by molar-refractivity contribution is -0.143. The molecule has 0 heterocycles. The minimum atomic E-state index is -0.578. The van der Waals surface area contributed by atoms with Crippen LogP contribution in [0.15, 0.2) is 30.3 Å². The highest BCUT2D eigenvalue weighted by Crippen LogP contribution is 2.10. The third kappa shape index (κ3) is 7.67. The van der Waals surface area contributed by atoms with E-state index in [9.17, 15) is 9.59 Å². The Morgan fingerprint density at radius 3 is 2.36 bits per heavy atom. The Kier molecular flexibility index (Phi) is 6.89. The average molecular weight is 307 g/mol. The van der Waals surface area contributed by atoms with Crippen molar-refractivity contribution < 1.29 is 19.1 Å². The van der Waals surface area contributed by atoms with Gasteiger partial charge in [-0.3, -0.25) is 4.79 Å². The van der Waals surface area contributed by atoms with Crippen LogP contribution < -0.4 is 5.32 Å². The first-order valence-corrected chi connectivity index (χ1v) is 7.49. The van der Waals surface area contributed by atoms with Crippen LogP contribution >= 0.6 is 0 Å². The van der Waals surface area contributed by atoms with Gasteiger partial charge in [0.15, 0.2) is 0 Å². The molecule has 1 amide bonds. The number of alkyl carbamates (subject to hydrolysis) is 1. The SMILES string of the molecule is CCOC(=O)C[C@H](Cc1ccccc1)NC(=O)OC(C)(C)C. The number of hydrogen-bond acceptors (Lipinski definition) is 4. The van der Waals surface area contributed by atoms with Gasteiger partial charge in [0.1, 0.15) is 5.60 Å². The first-order valence-electron chi connectivity index (χ1n) is 7.49. The molecule has 0 unspecified atom stereocenters. The maximum atomic E-state index is 11.9. The van der Waals surface area contributed by atoms with Crippen LogP contribution in [0.4, 0.5) is 4.79 Å². The summed E-state index contributed by atoms with van der Waals surface area (Å²) in [5, 5.41) is 2.75. The Bertz CT molecular complexity index is 479. The molecule has 1 rings (SSSR count). The van der Waals surface area contributed by atoms with Gasteiger partial charge in [-0.15, -0.1) is 0 Å². The lowest BCUT2D eigenvalue weighted by Crippen LogP contribution is -2.41. The van der Waals surface area contributed by atoms with Crippen LogP contribution in [0.5, 0.6) is 0 Å². The fourth-order valence-corrected chi connectivity index (χ4v) is 1.97. The molecule has 0 spiro atoms. The van der Waals surface area contributed by atoms with Crippen molar-refractivity contribution in [3.63, 3.8) is 0 Å². The lowest BCUT2D eigenvalue weighted by Gasteiger charge is -2.23. The molecule has 1 aromatic carbocycles. The van der Waals surface area contributed by atoms with E-state index in [1.807, 2.05) is 30.3 Å². The fourth-order valence-electron chi connectivity index (χ4n) is 1.97. The molecular formula is C17H25NO4. The molecule has 0 fully saturated rings. The molecule has 0 saturated carbocycles. The van der Waals surface area contributed by atoms with Crippen molar-refractivity contribution in [1.29, 1.82) is 0 Å². The van der Waals surface area contributed by atoms with Gasteiger partial charge in [0, 0.05) is 6.04 Å². The summed E-state index contributed by atoms with van der Waals surface area (Å²) < 4.78 is 10.2. The Hall–Kier alpha value is -2.04. The van der Waals surface area contributed by atoms with E-state index in [1.54, 1.807) is 27.7 Å². The van der Waals surface area contributed by atoms with Crippen LogP contribution in [-0.2, 0) is 20.7 Å². The molecule has 0 aliphatic heterocycles. The van der Waals surface area contributed by atoms with Crippen molar-refractivity contribution in [3.8, 4) is 0 Å². The van der Waals surface area contributed by atoms with Gasteiger partial charge in [0.2, 0.25) is 0 Å². The lowest BCUT2D eigenvalue weighted by atomic mass is 10.0. The molecule has 5 nitrogen and oxygen atoms in total. The van der Waals surface area contributed by atoms with Gasteiger partial charge < -0.3 is 14.8 Å². The first kappa shape index (κ1) is 18.0. The second-order valence-corrected chi connectivity index (χ2v) is 6.04. The van der Waals surface area contributed by atoms with Crippen LogP contribution in [-0.4, -0.2) is 30.3 Å². The number of esters is 1. The zero-order chi connectivity index (χ0) is 16.6. The highest BCUT2D eigenvalue weighted by atomic mass is 16.6. The van der Waals surface area contributed by atoms with E-state index in [1.165, 1.54) is 0 Å². The number of ether oxygens (including phenoxy) is 2. The summed E-state index contributed by atoms with van der Waals surface area (Å²) in [4.78, 5) is 23.6. The number of amides is 1. The third-order valence-electron chi connectivity index (χ3n) is 2.76. The smallest absolute Gasteiger partial charge is 0.407 e. The Morgan fingerprint density at radius 1 is 1.18 bits per heavy atom. The maximum Gasteiger partial charge on any atom is 0.407 e. The van der Waals surface area contributed by atoms with Crippen LogP contribution in [0.3, 0.4) is 0 Å². The molecule has 0 aliphatic rings. The molecule has 0 saturated heterocycles. The van der Waals surface area contributed by atoms with Gasteiger partial charge >= 0.3 is 12.1 Å². The molecule has 122 valence electrons. The molecule has 5 heteroatoms. The number of carbonyl (C=O) groups excluding carboxylic acids is 2.